The fourth-order valence-corrected chi connectivity index (χ4v) is 5.73. The molecule has 2 aliphatic carbocycles. The SMILES string of the molecule is c1ccc2c(c1)Cc1ccc3c(c1-2)Cc1nc2c4ncccc4c4ccncc4n2c1-3. The van der Waals surface area contributed by atoms with Gasteiger partial charge < -0.3 is 0 Å². The lowest BCUT2D eigenvalue weighted by Crippen LogP contribution is -1.97. The molecule has 2 aromatic carbocycles. The lowest BCUT2D eigenvalue weighted by molar-refractivity contribution is 1.16. The zero-order valence-electron chi connectivity index (χ0n) is 16.6. The third kappa shape index (κ3) is 1.84. The van der Waals surface area contributed by atoms with Gasteiger partial charge in [-0.15, -0.1) is 0 Å². The van der Waals surface area contributed by atoms with Gasteiger partial charge >= 0.3 is 0 Å². The van der Waals surface area contributed by atoms with Crippen LogP contribution in [0, 0.1) is 0 Å². The van der Waals surface area contributed by atoms with Crippen molar-refractivity contribution in [2.45, 2.75) is 12.8 Å². The van der Waals surface area contributed by atoms with E-state index in [1.54, 1.807) is 0 Å². The normalized spacial score (nSPS) is 13.5. The number of imidazole rings is 1. The highest BCUT2D eigenvalue weighted by atomic mass is 15.1. The third-order valence-electron chi connectivity index (χ3n) is 6.97. The van der Waals surface area contributed by atoms with E-state index in [1.807, 2.05) is 24.7 Å². The van der Waals surface area contributed by atoms with Gasteiger partial charge in [0.1, 0.15) is 5.52 Å². The van der Waals surface area contributed by atoms with E-state index < -0.39 is 0 Å². The number of nitrogens with zero attached hydrogens (tertiary/aromatic N) is 4. The Balaban J connectivity index is 1.53. The molecule has 0 aliphatic heterocycles. The molecule has 0 fully saturated rings. The van der Waals surface area contributed by atoms with Crippen LogP contribution in [0.3, 0.4) is 0 Å². The van der Waals surface area contributed by atoms with Gasteiger partial charge in [-0.2, -0.15) is 0 Å². The van der Waals surface area contributed by atoms with Gasteiger partial charge in [0.15, 0.2) is 5.65 Å². The van der Waals surface area contributed by atoms with Gasteiger partial charge in [-0.05, 0) is 46.4 Å². The van der Waals surface area contributed by atoms with Crippen molar-refractivity contribution in [2.75, 3.05) is 0 Å². The molecule has 2 aliphatic rings. The first kappa shape index (κ1) is 15.7. The van der Waals surface area contributed by atoms with Crippen LogP contribution in [-0.2, 0) is 12.8 Å². The number of hydrogen-bond donors (Lipinski definition) is 0. The fraction of sp³-hybridized carbons (Fsp3) is 0.0741. The van der Waals surface area contributed by atoms with Crippen molar-refractivity contribution >= 4 is 27.5 Å². The lowest BCUT2D eigenvalue weighted by Gasteiger charge is -2.12. The number of pyridine rings is 3. The van der Waals surface area contributed by atoms with Crippen LogP contribution in [0.15, 0.2) is 73.2 Å². The van der Waals surface area contributed by atoms with Crippen molar-refractivity contribution in [1.29, 1.82) is 0 Å². The Kier molecular flexibility index (Phi) is 2.72. The second kappa shape index (κ2) is 5.35. The minimum Gasteiger partial charge on any atom is -0.289 e. The molecule has 0 N–H and O–H groups in total. The minimum absolute atomic E-state index is 0.861. The van der Waals surface area contributed by atoms with Gasteiger partial charge in [0.25, 0.3) is 0 Å². The Bertz CT molecular complexity index is 1740. The van der Waals surface area contributed by atoms with Crippen LogP contribution >= 0.6 is 0 Å². The molecule has 0 amide bonds. The summed E-state index contributed by atoms with van der Waals surface area (Å²) in [6.07, 6.45) is 7.55. The molecule has 0 atom stereocenters. The van der Waals surface area contributed by atoms with Crippen LogP contribution in [0.4, 0.5) is 0 Å². The molecule has 0 saturated carbocycles. The Hall–Kier alpha value is -4.05. The molecule has 4 heterocycles. The number of aromatic nitrogens is 4. The first-order valence-corrected chi connectivity index (χ1v) is 10.6. The maximum atomic E-state index is 5.14. The molecule has 0 spiro atoms. The quantitative estimate of drug-likeness (QED) is 0.315. The van der Waals surface area contributed by atoms with Gasteiger partial charge in [0.2, 0.25) is 0 Å². The van der Waals surface area contributed by atoms with E-state index in [0.29, 0.717) is 0 Å². The molecule has 0 unspecified atom stereocenters. The standard InChI is InChI=1S/C27H16N4/c1-2-5-17-15(4-1)12-16-7-8-20-21(24(16)17)13-22-26(20)31-23-14-28-11-9-18(23)19-6-3-10-29-25(19)27(31)30-22/h1-11,14H,12-13H2. The summed E-state index contributed by atoms with van der Waals surface area (Å²) in [7, 11) is 0. The van der Waals surface area contributed by atoms with Crippen LogP contribution in [0.5, 0.6) is 0 Å². The summed E-state index contributed by atoms with van der Waals surface area (Å²) in [5, 5.41) is 2.28. The predicted octanol–water partition coefficient (Wildman–Crippen LogP) is 5.57. The Morgan fingerprint density at radius 1 is 0.774 bits per heavy atom. The van der Waals surface area contributed by atoms with Crippen LogP contribution in [0.1, 0.15) is 22.4 Å². The lowest BCUT2D eigenvalue weighted by atomic mass is 9.96. The van der Waals surface area contributed by atoms with Gasteiger partial charge in [-0.25, -0.2) is 4.98 Å². The van der Waals surface area contributed by atoms with Crippen molar-refractivity contribution in [3.05, 3.63) is 95.6 Å². The van der Waals surface area contributed by atoms with Gasteiger partial charge in [-0.3, -0.25) is 14.4 Å². The third-order valence-corrected chi connectivity index (χ3v) is 6.97. The zero-order valence-corrected chi connectivity index (χ0v) is 16.6. The molecule has 4 nitrogen and oxygen atoms in total. The predicted molar refractivity (Wildman–Crippen MR) is 122 cm³/mol. The Labute approximate surface area is 177 Å². The smallest absolute Gasteiger partial charge is 0.164 e. The molecule has 144 valence electrons. The van der Waals surface area contributed by atoms with Crippen molar-refractivity contribution in [1.82, 2.24) is 19.4 Å². The summed E-state index contributed by atoms with van der Waals surface area (Å²) in [4.78, 5) is 14.3. The maximum Gasteiger partial charge on any atom is 0.164 e. The summed E-state index contributed by atoms with van der Waals surface area (Å²) in [5.74, 6) is 0. The molecular weight excluding hydrogens is 380 g/mol. The Morgan fingerprint density at radius 3 is 2.74 bits per heavy atom. The Morgan fingerprint density at radius 2 is 1.74 bits per heavy atom. The van der Waals surface area contributed by atoms with E-state index in [9.17, 15) is 0 Å². The first-order valence-electron chi connectivity index (χ1n) is 10.6. The van der Waals surface area contributed by atoms with Crippen molar-refractivity contribution in [3.8, 4) is 22.4 Å². The number of benzene rings is 2. The number of rotatable bonds is 0. The molecule has 31 heavy (non-hydrogen) atoms. The van der Waals surface area contributed by atoms with Crippen LogP contribution < -0.4 is 0 Å². The van der Waals surface area contributed by atoms with Crippen molar-refractivity contribution < 1.29 is 0 Å². The highest BCUT2D eigenvalue weighted by molar-refractivity contribution is 6.11. The number of fused-ring (bicyclic) bond motifs is 14. The van der Waals surface area contributed by atoms with E-state index >= 15 is 0 Å². The molecule has 4 aromatic heterocycles. The average Bonchev–Trinajstić information content (AvgIpc) is 3.48. The van der Waals surface area contributed by atoms with Crippen molar-refractivity contribution in [3.63, 3.8) is 0 Å². The highest BCUT2D eigenvalue weighted by Gasteiger charge is 2.32. The van der Waals surface area contributed by atoms with Gasteiger partial charge in [-0.1, -0.05) is 42.5 Å². The second-order valence-electron chi connectivity index (χ2n) is 8.50. The average molecular weight is 396 g/mol. The minimum atomic E-state index is 0.861. The van der Waals surface area contributed by atoms with Crippen LogP contribution in [0.25, 0.3) is 49.8 Å². The fourth-order valence-electron chi connectivity index (χ4n) is 5.73. The largest absolute Gasteiger partial charge is 0.289 e. The van der Waals surface area contributed by atoms with E-state index in [-0.39, 0.29) is 0 Å². The van der Waals surface area contributed by atoms with Crippen LogP contribution in [-0.4, -0.2) is 19.4 Å². The monoisotopic (exact) mass is 396 g/mol. The van der Waals surface area contributed by atoms with Gasteiger partial charge in [0, 0.05) is 35.2 Å². The zero-order chi connectivity index (χ0) is 20.1. The summed E-state index contributed by atoms with van der Waals surface area (Å²) >= 11 is 0. The summed E-state index contributed by atoms with van der Waals surface area (Å²) in [6, 6.07) is 19.6. The summed E-state index contributed by atoms with van der Waals surface area (Å²) in [5.41, 5.74) is 13.6. The second-order valence-corrected chi connectivity index (χ2v) is 8.50. The molecule has 6 aromatic rings. The molecule has 0 saturated heterocycles. The molecular formula is C27H16N4. The molecule has 0 radical (unpaired) electrons. The van der Waals surface area contributed by atoms with E-state index in [4.69, 9.17) is 9.97 Å². The highest BCUT2D eigenvalue weighted by Crippen LogP contribution is 2.48. The van der Waals surface area contributed by atoms with E-state index in [2.05, 4.69) is 57.9 Å². The first-order chi connectivity index (χ1) is 15.4. The van der Waals surface area contributed by atoms with E-state index in [0.717, 1.165) is 46.0 Å². The van der Waals surface area contributed by atoms with Crippen LogP contribution in [0.2, 0.25) is 0 Å². The van der Waals surface area contributed by atoms with Gasteiger partial charge in [0.05, 0.1) is 23.1 Å². The number of hydrogen-bond acceptors (Lipinski definition) is 3. The summed E-state index contributed by atoms with van der Waals surface area (Å²) < 4.78 is 2.28. The topological polar surface area (TPSA) is 43.1 Å². The van der Waals surface area contributed by atoms with E-state index in [1.165, 1.54) is 39.1 Å². The molecule has 8 rings (SSSR count). The summed E-state index contributed by atoms with van der Waals surface area (Å²) in [6.45, 7) is 0. The molecule has 0 bridgehead atoms. The van der Waals surface area contributed by atoms with Crippen molar-refractivity contribution in [2.24, 2.45) is 0 Å². The molecule has 4 heteroatoms. The maximum absolute atomic E-state index is 5.14.